The van der Waals surface area contributed by atoms with Crippen LogP contribution in [0.5, 0.6) is 0 Å². The standard InChI is InChI=1S/C11H7ClINO2.C10H7ClINO.3C4H9O.CH4.Al.Li.H/c1-16-11(15)7-2-6-3-8(12)5-14-10(6)9(13)4-7;11-8-3-7-1-6(5-14)2-9(12)10(7)13-4-8;3*1-4(2,3)5;;;;/h2-5H,1H3;1-4,14H,5H2;3*1-3H3;1H4;;;/q;;3*-1;;+3;+1;-1. The molecule has 0 saturated heterocycles. The second kappa shape index (κ2) is 20.7. The second-order valence-electron chi connectivity index (χ2n) is 13.1. The van der Waals surface area contributed by atoms with Crippen LogP contribution in [0.2, 0.25) is 10.0 Å². The van der Waals surface area contributed by atoms with Crippen LogP contribution < -0.4 is 18.9 Å². The number of aliphatic hydroxyl groups is 1. The first kappa shape index (κ1) is 47.7. The molecule has 8 nitrogen and oxygen atoms in total. The summed E-state index contributed by atoms with van der Waals surface area (Å²) < 4.78 is 24.3. The summed E-state index contributed by atoms with van der Waals surface area (Å²) in [5.74, 6) is -0.361. The Morgan fingerprint density at radius 3 is 1.54 bits per heavy atom. The van der Waals surface area contributed by atoms with Gasteiger partial charge in [-0.3, -0.25) is 9.97 Å². The van der Waals surface area contributed by atoms with E-state index in [1.807, 2.05) is 80.5 Å². The number of aromatic nitrogens is 2. The Bertz CT molecular complexity index is 1620. The molecule has 0 fully saturated rings. The van der Waals surface area contributed by atoms with E-state index in [0.29, 0.717) is 15.6 Å². The summed E-state index contributed by atoms with van der Waals surface area (Å²) in [5, 5.41) is 12.0. The van der Waals surface area contributed by atoms with E-state index < -0.39 is 15.1 Å². The fourth-order valence-corrected chi connectivity index (χ4v) is 7.53. The van der Waals surface area contributed by atoms with Crippen molar-refractivity contribution in [2.24, 2.45) is 0 Å². The van der Waals surface area contributed by atoms with Gasteiger partial charge in [0, 0.05) is 47.1 Å². The zero-order valence-corrected chi connectivity index (χ0v) is 35.8. The maximum Gasteiger partial charge on any atom is 1.00 e. The molecule has 0 atom stereocenters. The van der Waals surface area contributed by atoms with E-state index >= 15 is 0 Å². The average molecular weight is 937 g/mol. The molecular weight excluding hydrogens is 891 g/mol. The number of carbonyl (C=O) groups excluding carboxylic acids is 1. The Morgan fingerprint density at radius 1 is 0.771 bits per heavy atom. The van der Waals surface area contributed by atoms with E-state index in [1.165, 1.54) is 7.11 Å². The number of aliphatic hydroxyl groups excluding tert-OH is 1. The van der Waals surface area contributed by atoms with E-state index in [1.54, 1.807) is 30.6 Å². The van der Waals surface area contributed by atoms with E-state index in [2.05, 4.69) is 59.9 Å². The Morgan fingerprint density at radius 2 is 1.17 bits per heavy atom. The van der Waals surface area contributed by atoms with Gasteiger partial charge >= 0.3 is 40.0 Å². The number of pyridine rings is 2. The van der Waals surface area contributed by atoms with Crippen molar-refractivity contribution in [3.05, 3.63) is 77.1 Å². The summed E-state index contributed by atoms with van der Waals surface area (Å²) in [6.07, 6.45) is 3.22. The molecule has 2 aromatic heterocycles. The first-order chi connectivity index (χ1) is 21.1. The molecule has 4 aromatic rings. The Labute approximate surface area is 341 Å². The molecule has 2 heterocycles. The zero-order valence-electron chi connectivity index (χ0n) is 29.8. The van der Waals surface area contributed by atoms with Gasteiger partial charge in [0.25, 0.3) is 0 Å². The largest absolute Gasteiger partial charge is 1.00 e. The van der Waals surface area contributed by atoms with E-state index in [4.69, 9.17) is 39.7 Å². The van der Waals surface area contributed by atoms with Crippen molar-refractivity contribution in [3.63, 3.8) is 0 Å². The summed E-state index contributed by atoms with van der Waals surface area (Å²) in [4.78, 5) is 19.9. The molecule has 0 unspecified atom stereocenters. The topological polar surface area (TPSA) is 100 Å². The van der Waals surface area contributed by atoms with Gasteiger partial charge in [0.2, 0.25) is 0 Å². The van der Waals surface area contributed by atoms with Crippen LogP contribution in [0.4, 0.5) is 0 Å². The monoisotopic (exact) mass is 936 g/mol. The first-order valence-corrected chi connectivity index (χ1v) is 18.6. The van der Waals surface area contributed by atoms with Crippen molar-refractivity contribution in [3.8, 4) is 0 Å². The molecule has 4 rings (SSSR count). The van der Waals surface area contributed by atoms with Gasteiger partial charge in [-0.2, -0.15) is 0 Å². The van der Waals surface area contributed by atoms with Gasteiger partial charge in [0.05, 0.1) is 40.4 Å². The molecule has 0 radical (unpaired) electrons. The van der Waals surface area contributed by atoms with Gasteiger partial charge in [0.15, 0.2) is 0 Å². The minimum Gasteiger partial charge on any atom is -1.00 e. The van der Waals surface area contributed by atoms with E-state index in [0.717, 1.165) is 34.5 Å². The molecule has 1 N–H and O–H groups in total. The molecule has 0 bridgehead atoms. The minimum absolute atomic E-state index is 0. The van der Waals surface area contributed by atoms with E-state index in [-0.39, 0.29) is 57.1 Å². The van der Waals surface area contributed by atoms with Crippen molar-refractivity contribution in [1.29, 1.82) is 0 Å². The number of esters is 1. The number of benzene rings is 2. The van der Waals surface area contributed by atoms with Crippen LogP contribution in [0, 0.1) is 7.14 Å². The quantitative estimate of drug-likeness (QED) is 0.125. The van der Waals surface area contributed by atoms with Crippen molar-refractivity contribution < 1.29 is 46.3 Å². The normalized spacial score (nSPS) is 11.3. The molecule has 0 spiro atoms. The predicted molar refractivity (Wildman–Crippen MR) is 212 cm³/mol. The van der Waals surface area contributed by atoms with Crippen LogP contribution in [0.1, 0.15) is 87.1 Å². The number of fused-ring (bicyclic) bond motifs is 2. The van der Waals surface area contributed by atoms with Crippen molar-refractivity contribution >= 4 is 111 Å². The predicted octanol–water partition coefficient (Wildman–Crippen LogP) is 7.43. The summed E-state index contributed by atoms with van der Waals surface area (Å²) >= 11 is 13.9. The maximum atomic E-state index is 11.4. The smallest absolute Gasteiger partial charge is 1.00 e. The van der Waals surface area contributed by atoms with Gasteiger partial charge in [-0.1, -0.05) is 30.6 Å². The number of halogens is 4. The van der Waals surface area contributed by atoms with Crippen LogP contribution in [-0.2, 0) is 22.7 Å². The Hall–Kier alpha value is -0.260. The number of hydrogen-bond donors (Lipinski definition) is 1. The molecule has 2 aromatic carbocycles. The van der Waals surface area contributed by atoms with E-state index in [9.17, 15) is 4.79 Å². The Kier molecular flexibility index (Phi) is 20.6. The van der Waals surface area contributed by atoms with Crippen LogP contribution >= 0.6 is 68.4 Å². The molecule has 0 saturated carbocycles. The number of hydrogen-bond acceptors (Lipinski definition) is 8. The molecule has 0 aliphatic carbocycles. The van der Waals surface area contributed by atoms with Crippen LogP contribution in [0.3, 0.4) is 0 Å². The number of ether oxygens (including phenoxy) is 1. The molecule has 0 aliphatic heterocycles. The summed E-state index contributed by atoms with van der Waals surface area (Å²) in [7, 11) is 1.36. The average Bonchev–Trinajstić information content (AvgIpc) is 2.89. The zero-order chi connectivity index (χ0) is 35.0. The summed E-state index contributed by atoms with van der Waals surface area (Å²) in [5.41, 5.74) is 2.45. The number of rotatable bonds is 5. The van der Waals surface area contributed by atoms with Gasteiger partial charge in [-0.05, 0) is 149 Å². The molecule has 0 amide bonds. The second-order valence-corrected chi connectivity index (χ2v) is 17.6. The molecule has 0 aliphatic rings. The van der Waals surface area contributed by atoms with Crippen LogP contribution in [-0.4, -0.2) is 60.1 Å². The Balaban J connectivity index is 0. The van der Waals surface area contributed by atoms with Gasteiger partial charge in [0.1, 0.15) is 0 Å². The van der Waals surface area contributed by atoms with Crippen molar-refractivity contribution in [2.45, 2.75) is 93.2 Å². The summed E-state index contributed by atoms with van der Waals surface area (Å²) in [6, 6.07) is 10.9. The number of methoxy groups -OCH3 is 1. The maximum absolute atomic E-state index is 11.4. The minimum atomic E-state index is -2.11. The van der Waals surface area contributed by atoms with Gasteiger partial charge in [-0.25, -0.2) is 4.79 Å². The first-order valence-electron chi connectivity index (χ1n) is 14.3. The fraction of sp³-hybridized carbons (Fsp3) is 0.441. The molecule has 14 heteroatoms. The number of nitrogens with zero attached hydrogens (tertiary/aromatic N) is 2. The van der Waals surface area contributed by atoms with Crippen molar-refractivity contribution in [1.82, 2.24) is 9.97 Å². The van der Waals surface area contributed by atoms with Crippen molar-refractivity contribution in [2.75, 3.05) is 7.11 Å². The van der Waals surface area contributed by atoms with Crippen LogP contribution in [0.15, 0.2) is 48.8 Å². The molecular formula is C34H46AlCl2I2LiN2O6. The molecule has 48 heavy (non-hydrogen) atoms. The van der Waals surface area contributed by atoms with Gasteiger partial charge in [-0.15, -0.1) is 0 Å². The summed E-state index contributed by atoms with van der Waals surface area (Å²) in [6.45, 7) is 18.2. The third kappa shape index (κ3) is 17.3. The van der Waals surface area contributed by atoms with Crippen LogP contribution in [0.25, 0.3) is 21.8 Å². The fourth-order valence-electron chi connectivity index (χ4n) is 3.68. The third-order valence-electron chi connectivity index (χ3n) is 5.42. The number of carbonyl (C=O) groups is 1. The van der Waals surface area contributed by atoms with Gasteiger partial charge < -0.3 is 22.6 Å². The SMILES string of the molecule is C.CC(C)(C)[O][Al]([O]C(C)(C)C)[O]C(C)(C)C.COC(=O)c1cc(I)c2ncc(Cl)cc2c1.OCc1cc(I)c2ncc(Cl)cc2c1.[H-].[Li+]. The molecule has 260 valence electrons. The third-order valence-corrected chi connectivity index (χ3v) is 10.2.